The van der Waals surface area contributed by atoms with E-state index in [-0.39, 0.29) is 12.1 Å². The third-order valence-corrected chi connectivity index (χ3v) is 1.10. The van der Waals surface area contributed by atoms with Gasteiger partial charge in [-0.05, 0) is 13.8 Å². The molecule has 4 nitrogen and oxygen atoms in total. The Bertz CT molecular complexity index is 164. The van der Waals surface area contributed by atoms with Gasteiger partial charge >= 0.3 is 13.1 Å². The molecule has 0 aromatic rings. The molecule has 62 valence electrons. The summed E-state index contributed by atoms with van der Waals surface area (Å²) in [6.07, 6.45) is 1.31. The molecular formula is C6H11BO4. The fourth-order valence-corrected chi connectivity index (χ4v) is 0.587. The first kappa shape index (κ1) is 10.2. The fourth-order valence-electron chi connectivity index (χ4n) is 0.587. The zero-order valence-corrected chi connectivity index (χ0v) is 6.57. The predicted molar refractivity (Wildman–Crippen MR) is 40.6 cm³/mol. The van der Waals surface area contributed by atoms with Gasteiger partial charge in [0, 0.05) is 0 Å². The molecule has 0 fully saturated rings. The predicted octanol–water partition coefficient (Wildman–Crippen LogP) is -0.492. The van der Waals surface area contributed by atoms with Crippen LogP contribution in [0, 0.1) is 0 Å². The van der Waals surface area contributed by atoms with Gasteiger partial charge in [0.2, 0.25) is 0 Å². The van der Waals surface area contributed by atoms with E-state index in [1.807, 2.05) is 0 Å². The van der Waals surface area contributed by atoms with Crippen molar-refractivity contribution in [1.82, 2.24) is 0 Å². The summed E-state index contributed by atoms with van der Waals surface area (Å²) in [7, 11) is -1.75. The molecule has 0 saturated carbocycles. The minimum atomic E-state index is -1.75. The molecule has 0 aliphatic rings. The van der Waals surface area contributed by atoms with Gasteiger partial charge in [-0.1, -0.05) is 6.08 Å². The molecule has 0 spiro atoms. The van der Waals surface area contributed by atoms with E-state index in [1.165, 1.54) is 13.0 Å². The summed E-state index contributed by atoms with van der Waals surface area (Å²) in [6, 6.07) is 0. The fraction of sp³-hybridized carbons (Fsp3) is 0.500. The van der Waals surface area contributed by atoms with Gasteiger partial charge in [-0.3, -0.25) is 0 Å². The smallest absolute Gasteiger partial charge is 0.463 e. The lowest BCUT2D eigenvalue weighted by Gasteiger charge is -2.03. The first-order valence-electron chi connectivity index (χ1n) is 3.33. The van der Waals surface area contributed by atoms with Crippen molar-refractivity contribution >= 4 is 13.1 Å². The van der Waals surface area contributed by atoms with E-state index in [4.69, 9.17) is 10.0 Å². The Morgan fingerprint density at radius 1 is 1.64 bits per heavy atom. The molecule has 0 unspecified atom stereocenters. The van der Waals surface area contributed by atoms with Crippen molar-refractivity contribution in [2.75, 3.05) is 6.61 Å². The monoisotopic (exact) mass is 158 g/mol. The van der Waals surface area contributed by atoms with Crippen LogP contribution >= 0.6 is 0 Å². The minimum absolute atomic E-state index is 0.133. The minimum Gasteiger partial charge on any atom is -0.463 e. The highest BCUT2D eigenvalue weighted by molar-refractivity contribution is 6.58. The molecule has 0 bridgehead atoms. The Morgan fingerprint density at radius 3 is 2.45 bits per heavy atom. The summed E-state index contributed by atoms with van der Waals surface area (Å²) in [4.78, 5) is 10.8. The largest absolute Gasteiger partial charge is 0.495 e. The maximum Gasteiger partial charge on any atom is 0.495 e. The average Bonchev–Trinajstić information content (AvgIpc) is 1.88. The third-order valence-electron chi connectivity index (χ3n) is 1.10. The van der Waals surface area contributed by atoms with Crippen LogP contribution in [0.15, 0.2) is 11.5 Å². The molecule has 0 heterocycles. The quantitative estimate of drug-likeness (QED) is 0.330. The normalized spacial score (nSPS) is 11.1. The number of allylic oxidation sites excluding steroid dienone is 1. The van der Waals surface area contributed by atoms with Gasteiger partial charge in [-0.25, -0.2) is 4.79 Å². The standard InChI is InChI=1S/C6H11BO4/c1-3-5(7(9)10)6(8)11-4-2/h3,9-10H,4H2,1-2H3/b5-3-. The molecule has 0 amide bonds. The van der Waals surface area contributed by atoms with E-state index in [2.05, 4.69) is 4.74 Å². The van der Waals surface area contributed by atoms with E-state index in [9.17, 15) is 4.79 Å². The topological polar surface area (TPSA) is 66.8 Å². The highest BCUT2D eigenvalue weighted by atomic mass is 16.5. The molecule has 0 aliphatic heterocycles. The van der Waals surface area contributed by atoms with Crippen molar-refractivity contribution in [2.45, 2.75) is 13.8 Å². The summed E-state index contributed by atoms with van der Waals surface area (Å²) >= 11 is 0. The van der Waals surface area contributed by atoms with Gasteiger partial charge in [0.1, 0.15) is 0 Å². The summed E-state index contributed by atoms with van der Waals surface area (Å²) in [5, 5.41) is 17.2. The van der Waals surface area contributed by atoms with Crippen molar-refractivity contribution in [2.24, 2.45) is 0 Å². The summed E-state index contributed by atoms with van der Waals surface area (Å²) in [5.41, 5.74) is -0.133. The van der Waals surface area contributed by atoms with E-state index in [1.54, 1.807) is 6.92 Å². The highest BCUT2D eigenvalue weighted by Gasteiger charge is 2.22. The molecule has 0 aromatic heterocycles. The molecule has 0 aromatic carbocycles. The third kappa shape index (κ3) is 3.20. The number of carbonyl (C=O) groups is 1. The van der Waals surface area contributed by atoms with Gasteiger partial charge in [-0.2, -0.15) is 0 Å². The molecule has 0 rings (SSSR count). The van der Waals surface area contributed by atoms with Crippen LogP contribution in [-0.2, 0) is 9.53 Å². The Balaban J connectivity index is 4.17. The van der Waals surface area contributed by atoms with Crippen LogP contribution in [0.4, 0.5) is 0 Å². The van der Waals surface area contributed by atoms with E-state index < -0.39 is 13.1 Å². The van der Waals surface area contributed by atoms with Gasteiger partial charge in [0.15, 0.2) is 0 Å². The number of hydrogen-bond donors (Lipinski definition) is 2. The summed E-state index contributed by atoms with van der Waals surface area (Å²) in [5.74, 6) is -0.690. The lowest BCUT2D eigenvalue weighted by molar-refractivity contribution is -0.137. The van der Waals surface area contributed by atoms with E-state index in [0.29, 0.717) is 0 Å². The molecule has 5 heteroatoms. The van der Waals surface area contributed by atoms with Gasteiger partial charge in [-0.15, -0.1) is 0 Å². The van der Waals surface area contributed by atoms with E-state index in [0.717, 1.165) is 0 Å². The number of carbonyl (C=O) groups excluding carboxylic acids is 1. The first-order valence-corrected chi connectivity index (χ1v) is 3.33. The van der Waals surface area contributed by atoms with Crippen molar-refractivity contribution in [3.63, 3.8) is 0 Å². The van der Waals surface area contributed by atoms with Crippen molar-refractivity contribution < 1.29 is 19.6 Å². The Hall–Kier alpha value is -0.805. The molecule has 0 aliphatic carbocycles. The highest BCUT2D eigenvalue weighted by Crippen LogP contribution is 1.98. The van der Waals surface area contributed by atoms with Crippen molar-refractivity contribution in [3.05, 3.63) is 11.5 Å². The number of ether oxygens (including phenoxy) is 1. The van der Waals surface area contributed by atoms with Crippen LogP contribution in [0.25, 0.3) is 0 Å². The van der Waals surface area contributed by atoms with Gasteiger partial charge < -0.3 is 14.8 Å². The van der Waals surface area contributed by atoms with Crippen LogP contribution in [0.2, 0.25) is 0 Å². The Labute approximate surface area is 65.6 Å². The van der Waals surface area contributed by atoms with Crippen LogP contribution in [0.1, 0.15) is 13.8 Å². The van der Waals surface area contributed by atoms with E-state index >= 15 is 0 Å². The zero-order valence-electron chi connectivity index (χ0n) is 6.57. The second-order valence-corrected chi connectivity index (χ2v) is 1.84. The molecule has 0 radical (unpaired) electrons. The second kappa shape index (κ2) is 4.93. The zero-order chi connectivity index (χ0) is 8.85. The van der Waals surface area contributed by atoms with Crippen LogP contribution < -0.4 is 0 Å². The second-order valence-electron chi connectivity index (χ2n) is 1.84. The lowest BCUT2D eigenvalue weighted by Crippen LogP contribution is -2.24. The molecular weight excluding hydrogens is 147 g/mol. The molecule has 0 atom stereocenters. The SMILES string of the molecule is C/C=C(\B(O)O)C(=O)OCC. The van der Waals surface area contributed by atoms with Gasteiger partial charge in [0.05, 0.1) is 12.1 Å². The van der Waals surface area contributed by atoms with Crippen LogP contribution in [0.3, 0.4) is 0 Å². The molecule has 11 heavy (non-hydrogen) atoms. The van der Waals surface area contributed by atoms with Crippen molar-refractivity contribution in [1.29, 1.82) is 0 Å². The number of hydrogen-bond acceptors (Lipinski definition) is 4. The molecule has 0 saturated heterocycles. The maximum atomic E-state index is 10.8. The maximum absolute atomic E-state index is 10.8. The van der Waals surface area contributed by atoms with Crippen molar-refractivity contribution in [3.8, 4) is 0 Å². The average molecular weight is 158 g/mol. The summed E-state index contributed by atoms with van der Waals surface area (Å²) in [6.45, 7) is 3.41. The molecule has 2 N–H and O–H groups in total. The summed E-state index contributed by atoms with van der Waals surface area (Å²) < 4.78 is 4.53. The number of esters is 1. The van der Waals surface area contributed by atoms with Crippen LogP contribution in [0.5, 0.6) is 0 Å². The Morgan fingerprint density at radius 2 is 2.18 bits per heavy atom. The van der Waals surface area contributed by atoms with Crippen LogP contribution in [-0.4, -0.2) is 29.7 Å². The lowest BCUT2D eigenvalue weighted by atomic mass is 9.79. The number of rotatable bonds is 3. The Kier molecular flexibility index (Phi) is 4.57. The first-order chi connectivity index (χ1) is 5.13. The van der Waals surface area contributed by atoms with Gasteiger partial charge in [0.25, 0.3) is 0 Å².